The third-order valence-electron chi connectivity index (χ3n) is 6.98. The molecular weight excluding hydrogens is 498 g/mol. The fourth-order valence-corrected chi connectivity index (χ4v) is 6.05. The number of halogens is 4. The molecule has 1 aliphatic heterocycles. The van der Waals surface area contributed by atoms with Gasteiger partial charge >= 0.3 is 0 Å². The molecular formula is C25H31F4N3O3S. The number of aromatic nitrogens is 1. The molecule has 1 saturated carbocycles. The molecule has 4 rings (SSSR count). The van der Waals surface area contributed by atoms with E-state index in [1.54, 1.807) is 4.90 Å². The van der Waals surface area contributed by atoms with E-state index >= 15 is 0 Å². The molecule has 0 spiro atoms. The van der Waals surface area contributed by atoms with Gasteiger partial charge in [0.05, 0.1) is 25.0 Å². The second-order valence-electron chi connectivity index (χ2n) is 9.55. The van der Waals surface area contributed by atoms with Crippen LogP contribution in [0.2, 0.25) is 0 Å². The van der Waals surface area contributed by atoms with Gasteiger partial charge in [0, 0.05) is 18.2 Å². The summed E-state index contributed by atoms with van der Waals surface area (Å²) in [5.74, 6) is 0.435. The van der Waals surface area contributed by atoms with Crippen LogP contribution in [0.5, 0.6) is 0 Å². The summed E-state index contributed by atoms with van der Waals surface area (Å²) in [4.78, 5) is 5.53. The zero-order valence-electron chi connectivity index (χ0n) is 20.0. The zero-order valence-corrected chi connectivity index (χ0v) is 20.8. The van der Waals surface area contributed by atoms with E-state index in [-0.39, 0.29) is 25.1 Å². The second-order valence-corrected chi connectivity index (χ2v) is 11.3. The Hall–Kier alpha value is -2.24. The van der Waals surface area contributed by atoms with Crippen molar-refractivity contribution in [1.29, 1.82) is 0 Å². The van der Waals surface area contributed by atoms with Gasteiger partial charge in [0.1, 0.15) is 11.5 Å². The third-order valence-corrected chi connectivity index (χ3v) is 7.71. The Morgan fingerprint density at radius 2 is 1.72 bits per heavy atom. The molecule has 11 heteroatoms. The lowest BCUT2D eigenvalue weighted by Gasteiger charge is -2.33. The summed E-state index contributed by atoms with van der Waals surface area (Å²) in [7, 11) is -3.56. The maximum absolute atomic E-state index is 13.4. The first kappa shape index (κ1) is 26.8. The molecule has 2 heterocycles. The molecule has 0 amide bonds. The predicted octanol–water partition coefficient (Wildman–Crippen LogP) is 5.20. The molecule has 2 atom stereocenters. The van der Waals surface area contributed by atoms with Gasteiger partial charge in [-0.3, -0.25) is 0 Å². The van der Waals surface area contributed by atoms with E-state index in [4.69, 9.17) is 4.74 Å². The van der Waals surface area contributed by atoms with Crippen LogP contribution >= 0.6 is 0 Å². The highest BCUT2D eigenvalue weighted by Crippen LogP contribution is 2.35. The molecule has 0 unspecified atom stereocenters. The Labute approximate surface area is 209 Å². The number of rotatable bonds is 9. The number of hydrogen-bond acceptors (Lipinski definition) is 5. The van der Waals surface area contributed by atoms with Crippen LogP contribution in [0, 0.1) is 0 Å². The molecule has 1 aromatic carbocycles. The van der Waals surface area contributed by atoms with Crippen LogP contribution in [0.15, 0.2) is 42.5 Å². The van der Waals surface area contributed by atoms with Crippen LogP contribution in [-0.2, 0) is 14.8 Å². The van der Waals surface area contributed by atoms with E-state index in [2.05, 4.69) is 21.8 Å². The lowest BCUT2D eigenvalue weighted by molar-refractivity contribution is 0.0156. The molecule has 1 N–H and O–H groups in total. The van der Waals surface area contributed by atoms with Gasteiger partial charge < -0.3 is 9.64 Å². The first-order valence-electron chi connectivity index (χ1n) is 12.1. The average molecular weight is 530 g/mol. The molecule has 0 radical (unpaired) electrons. The van der Waals surface area contributed by atoms with Gasteiger partial charge in [0.15, 0.2) is 0 Å². The van der Waals surface area contributed by atoms with Gasteiger partial charge in [0.2, 0.25) is 10.0 Å². The van der Waals surface area contributed by atoms with Crippen LogP contribution in [0.3, 0.4) is 0 Å². The molecule has 6 nitrogen and oxygen atoms in total. The van der Waals surface area contributed by atoms with Crippen LogP contribution in [0.25, 0.3) is 0 Å². The SMILES string of the molecule is CS(=O)(=O)N[C@H]1CCN(c2cc(C(F)F)cc(C(F)F)n2)[C@H]1CO[C@H]1CC[C@@H](c2ccccc2)CC1. The number of alkyl halides is 4. The molecule has 1 aliphatic carbocycles. The fourth-order valence-electron chi connectivity index (χ4n) is 5.22. The summed E-state index contributed by atoms with van der Waals surface area (Å²) in [5.41, 5.74) is 0.0186. The Bertz CT molecular complexity index is 1090. The van der Waals surface area contributed by atoms with E-state index in [0.29, 0.717) is 18.4 Å². The summed E-state index contributed by atoms with van der Waals surface area (Å²) in [6.45, 7) is 0.392. The van der Waals surface area contributed by atoms with Gasteiger partial charge in [-0.25, -0.2) is 35.7 Å². The average Bonchev–Trinajstić information content (AvgIpc) is 3.24. The molecule has 2 fully saturated rings. The lowest BCUT2D eigenvalue weighted by atomic mass is 9.83. The number of nitrogens with one attached hydrogen (secondary N) is 1. The van der Waals surface area contributed by atoms with Crippen LogP contribution in [0.1, 0.15) is 67.7 Å². The van der Waals surface area contributed by atoms with E-state index in [0.717, 1.165) is 38.0 Å². The van der Waals surface area contributed by atoms with Crippen molar-refractivity contribution in [3.63, 3.8) is 0 Å². The Morgan fingerprint density at radius 3 is 2.33 bits per heavy atom. The van der Waals surface area contributed by atoms with Gasteiger partial charge in [-0.15, -0.1) is 0 Å². The Kier molecular flexibility index (Phi) is 8.52. The number of nitrogens with zero attached hydrogens (tertiary/aromatic N) is 2. The van der Waals surface area contributed by atoms with Gasteiger partial charge in [-0.1, -0.05) is 30.3 Å². The van der Waals surface area contributed by atoms with Crippen molar-refractivity contribution in [3.05, 3.63) is 59.3 Å². The molecule has 0 bridgehead atoms. The molecule has 2 aliphatic rings. The minimum absolute atomic E-state index is 0.0247. The summed E-state index contributed by atoms with van der Waals surface area (Å²) in [5, 5.41) is 0. The van der Waals surface area contributed by atoms with Crippen molar-refractivity contribution in [2.45, 2.75) is 69.1 Å². The van der Waals surface area contributed by atoms with E-state index in [1.165, 1.54) is 5.56 Å². The van der Waals surface area contributed by atoms with E-state index < -0.39 is 46.2 Å². The quantitative estimate of drug-likeness (QED) is 0.453. The van der Waals surface area contributed by atoms with Crippen molar-refractivity contribution >= 4 is 15.8 Å². The highest BCUT2D eigenvalue weighted by molar-refractivity contribution is 7.88. The minimum Gasteiger partial charge on any atom is -0.376 e. The van der Waals surface area contributed by atoms with Crippen molar-refractivity contribution in [2.75, 3.05) is 24.3 Å². The smallest absolute Gasteiger partial charge is 0.280 e. The van der Waals surface area contributed by atoms with Crippen molar-refractivity contribution in [1.82, 2.24) is 9.71 Å². The first-order valence-corrected chi connectivity index (χ1v) is 14.0. The number of sulfonamides is 1. The number of hydrogen-bond donors (Lipinski definition) is 1. The first-order chi connectivity index (χ1) is 17.1. The summed E-state index contributed by atoms with van der Waals surface area (Å²) in [6, 6.07) is 11.0. The fraction of sp³-hybridized carbons (Fsp3) is 0.560. The Morgan fingerprint density at radius 1 is 1.03 bits per heavy atom. The minimum atomic E-state index is -3.56. The number of anilines is 1. The predicted molar refractivity (Wildman–Crippen MR) is 129 cm³/mol. The molecule has 198 valence electrons. The second kappa shape index (κ2) is 11.4. The topological polar surface area (TPSA) is 71.5 Å². The number of ether oxygens (including phenoxy) is 1. The van der Waals surface area contributed by atoms with Crippen molar-refractivity contribution < 1.29 is 30.7 Å². The van der Waals surface area contributed by atoms with Crippen LogP contribution in [0.4, 0.5) is 23.4 Å². The third kappa shape index (κ3) is 6.74. The number of pyridine rings is 1. The van der Waals surface area contributed by atoms with Gasteiger partial charge in [-0.05, 0) is 55.7 Å². The van der Waals surface area contributed by atoms with Crippen LogP contribution < -0.4 is 9.62 Å². The molecule has 2 aromatic rings. The van der Waals surface area contributed by atoms with E-state index in [9.17, 15) is 26.0 Å². The Balaban J connectivity index is 1.49. The lowest BCUT2D eigenvalue weighted by Crippen LogP contribution is -2.48. The van der Waals surface area contributed by atoms with Gasteiger partial charge in [0.25, 0.3) is 12.9 Å². The maximum atomic E-state index is 13.4. The summed E-state index contributed by atoms with van der Waals surface area (Å²) < 4.78 is 86.3. The number of benzene rings is 1. The van der Waals surface area contributed by atoms with E-state index in [1.807, 2.05) is 18.2 Å². The molecule has 36 heavy (non-hydrogen) atoms. The van der Waals surface area contributed by atoms with Crippen molar-refractivity contribution in [2.24, 2.45) is 0 Å². The van der Waals surface area contributed by atoms with Crippen molar-refractivity contribution in [3.8, 4) is 0 Å². The highest BCUT2D eigenvalue weighted by atomic mass is 32.2. The van der Waals surface area contributed by atoms with Crippen LogP contribution in [-0.4, -0.2) is 51.0 Å². The molecule has 1 aromatic heterocycles. The van der Waals surface area contributed by atoms with Gasteiger partial charge in [-0.2, -0.15) is 0 Å². The maximum Gasteiger partial charge on any atom is 0.280 e. The summed E-state index contributed by atoms with van der Waals surface area (Å²) in [6.07, 6.45) is -0.960. The highest BCUT2D eigenvalue weighted by Gasteiger charge is 2.38. The zero-order chi connectivity index (χ0) is 25.9. The molecule has 1 saturated heterocycles. The standard InChI is InChI=1S/C25H31F4N3O3S/c1-36(33,34)31-20-11-12-32(23-14-18(24(26)27)13-21(30-23)25(28)29)22(20)15-35-19-9-7-17(8-10-19)16-5-3-2-4-6-16/h2-6,13-14,17,19-20,22,24-25,31H,7-12,15H2,1H3/t17-,19+,20-,22-/m0/s1. The normalized spacial score (nSPS) is 25.1. The largest absolute Gasteiger partial charge is 0.376 e. The monoisotopic (exact) mass is 529 g/mol. The summed E-state index contributed by atoms with van der Waals surface area (Å²) >= 11 is 0.